The highest BCUT2D eigenvalue weighted by Gasteiger charge is 2.14. The molecule has 10 heteroatoms. The first kappa shape index (κ1) is 16.1. The maximum Gasteiger partial charge on any atom is 0.261 e. The number of amides is 1. The number of aromatic nitrogens is 6. The van der Waals surface area contributed by atoms with Crippen molar-refractivity contribution in [1.82, 2.24) is 29.8 Å². The van der Waals surface area contributed by atoms with Crippen molar-refractivity contribution >= 4 is 28.6 Å². The molecule has 0 radical (unpaired) electrons. The van der Waals surface area contributed by atoms with Crippen LogP contribution < -0.4 is 11.3 Å². The van der Waals surface area contributed by atoms with Gasteiger partial charge >= 0.3 is 0 Å². The number of rotatable bonds is 6. The van der Waals surface area contributed by atoms with Gasteiger partial charge in [0.1, 0.15) is 12.4 Å². The molecule has 0 aliphatic heterocycles. The summed E-state index contributed by atoms with van der Waals surface area (Å²) < 4.78 is 2.94. The normalized spacial score (nSPS) is 11.0. The van der Waals surface area contributed by atoms with Gasteiger partial charge in [0.2, 0.25) is 11.1 Å². The van der Waals surface area contributed by atoms with Crippen LogP contribution in [0.15, 0.2) is 34.2 Å². The number of fused-ring (bicyclic) bond motifs is 1. The second kappa shape index (κ2) is 6.79. The number of primary amides is 1. The Morgan fingerprint density at radius 1 is 1.33 bits per heavy atom. The van der Waals surface area contributed by atoms with Crippen LogP contribution in [0.1, 0.15) is 12.7 Å². The van der Waals surface area contributed by atoms with Crippen LogP contribution in [-0.4, -0.2) is 35.7 Å². The van der Waals surface area contributed by atoms with Crippen molar-refractivity contribution in [2.24, 2.45) is 5.73 Å². The summed E-state index contributed by atoms with van der Waals surface area (Å²) in [6, 6.07) is 7.00. The van der Waals surface area contributed by atoms with E-state index in [0.29, 0.717) is 34.2 Å². The number of thioether (sulfide) groups is 1. The fourth-order valence-electron chi connectivity index (χ4n) is 2.27. The highest BCUT2D eigenvalue weighted by molar-refractivity contribution is 7.98. The Labute approximate surface area is 140 Å². The first-order valence-electron chi connectivity index (χ1n) is 7.26. The Bertz CT molecular complexity index is 950. The zero-order valence-corrected chi connectivity index (χ0v) is 13.7. The van der Waals surface area contributed by atoms with Crippen molar-refractivity contribution in [1.29, 1.82) is 0 Å². The lowest BCUT2D eigenvalue weighted by molar-refractivity contribution is -0.118. The molecule has 124 valence electrons. The number of hydrogen-bond acceptors (Lipinski definition) is 7. The number of carbonyl (C=O) groups excluding carboxylic acids is 1. The maximum absolute atomic E-state index is 12.6. The fourth-order valence-corrected chi connectivity index (χ4v) is 3.16. The molecular formula is C14H15N7O2S. The van der Waals surface area contributed by atoms with Gasteiger partial charge in [-0.3, -0.25) is 14.2 Å². The third-order valence-electron chi connectivity index (χ3n) is 3.38. The van der Waals surface area contributed by atoms with E-state index in [1.807, 2.05) is 13.0 Å². The predicted molar refractivity (Wildman–Crippen MR) is 88.2 cm³/mol. The summed E-state index contributed by atoms with van der Waals surface area (Å²) in [5.74, 6) is 0.195. The fraction of sp³-hybridized carbons (Fsp3) is 0.286. The monoisotopic (exact) mass is 345 g/mol. The lowest BCUT2D eigenvalue weighted by Gasteiger charge is -2.11. The zero-order chi connectivity index (χ0) is 17.1. The molecule has 0 atom stereocenters. The van der Waals surface area contributed by atoms with E-state index in [9.17, 15) is 9.59 Å². The number of tetrazole rings is 1. The Hall–Kier alpha value is -2.75. The van der Waals surface area contributed by atoms with Crippen LogP contribution in [0.25, 0.3) is 10.9 Å². The first-order chi connectivity index (χ1) is 11.6. The Kier molecular flexibility index (Phi) is 4.56. The number of carbonyl (C=O) groups is 1. The van der Waals surface area contributed by atoms with Crippen molar-refractivity contribution in [3.8, 4) is 0 Å². The molecule has 2 N–H and O–H groups in total. The quantitative estimate of drug-likeness (QED) is 0.632. The summed E-state index contributed by atoms with van der Waals surface area (Å²) >= 11 is 1.34. The molecule has 0 aliphatic rings. The van der Waals surface area contributed by atoms with Crippen LogP contribution >= 0.6 is 11.8 Å². The van der Waals surface area contributed by atoms with E-state index >= 15 is 0 Å². The molecule has 2 aromatic heterocycles. The molecule has 0 unspecified atom stereocenters. The van der Waals surface area contributed by atoms with Crippen LogP contribution in [0.4, 0.5) is 0 Å². The molecule has 3 rings (SSSR count). The minimum Gasteiger partial charge on any atom is -0.368 e. The van der Waals surface area contributed by atoms with E-state index in [4.69, 9.17) is 5.73 Å². The first-order valence-corrected chi connectivity index (χ1v) is 8.24. The Morgan fingerprint density at radius 3 is 2.88 bits per heavy atom. The molecule has 0 spiro atoms. The molecule has 0 saturated heterocycles. The van der Waals surface area contributed by atoms with Gasteiger partial charge in [0, 0.05) is 6.54 Å². The van der Waals surface area contributed by atoms with Crippen molar-refractivity contribution in [3.05, 3.63) is 40.4 Å². The van der Waals surface area contributed by atoms with Gasteiger partial charge in [0.25, 0.3) is 5.56 Å². The number of aryl methyl sites for hydroxylation is 1. The van der Waals surface area contributed by atoms with Crippen LogP contribution in [0.3, 0.4) is 0 Å². The SMILES string of the molecule is CCn1nnnc1SCc1nc2ccccc2c(=O)n1CC(N)=O. The molecule has 0 fully saturated rings. The second-order valence-electron chi connectivity index (χ2n) is 4.97. The van der Waals surface area contributed by atoms with Crippen LogP contribution in [0.2, 0.25) is 0 Å². The lowest BCUT2D eigenvalue weighted by atomic mass is 10.2. The predicted octanol–water partition coefficient (Wildman–Crippen LogP) is 0.180. The number of nitrogens with two attached hydrogens (primary N) is 1. The zero-order valence-electron chi connectivity index (χ0n) is 12.9. The van der Waals surface area contributed by atoms with Gasteiger partial charge in [-0.1, -0.05) is 23.9 Å². The van der Waals surface area contributed by atoms with Crippen LogP contribution in [-0.2, 0) is 23.6 Å². The minimum absolute atomic E-state index is 0.217. The van der Waals surface area contributed by atoms with Crippen LogP contribution in [0, 0.1) is 0 Å². The maximum atomic E-state index is 12.6. The van der Waals surface area contributed by atoms with Gasteiger partial charge < -0.3 is 5.73 Å². The van der Waals surface area contributed by atoms with Gasteiger partial charge in [-0.25, -0.2) is 9.67 Å². The molecular weight excluding hydrogens is 330 g/mol. The minimum atomic E-state index is -0.598. The molecule has 24 heavy (non-hydrogen) atoms. The highest BCUT2D eigenvalue weighted by atomic mass is 32.2. The van der Waals surface area contributed by atoms with Gasteiger partial charge in [0.05, 0.1) is 16.7 Å². The van der Waals surface area contributed by atoms with Crippen molar-refractivity contribution in [2.45, 2.75) is 30.9 Å². The number of para-hydroxylation sites is 1. The summed E-state index contributed by atoms with van der Waals surface area (Å²) in [5.41, 5.74) is 5.56. The van der Waals surface area contributed by atoms with E-state index in [1.54, 1.807) is 22.9 Å². The van der Waals surface area contributed by atoms with E-state index < -0.39 is 5.91 Å². The summed E-state index contributed by atoms with van der Waals surface area (Å²) in [7, 11) is 0. The molecule has 9 nitrogen and oxygen atoms in total. The highest BCUT2D eigenvalue weighted by Crippen LogP contribution is 2.19. The lowest BCUT2D eigenvalue weighted by Crippen LogP contribution is -2.31. The van der Waals surface area contributed by atoms with Crippen molar-refractivity contribution in [3.63, 3.8) is 0 Å². The van der Waals surface area contributed by atoms with Gasteiger partial charge in [-0.05, 0) is 29.5 Å². The number of benzene rings is 1. The summed E-state index contributed by atoms with van der Waals surface area (Å²) in [5, 5.41) is 12.5. The Morgan fingerprint density at radius 2 is 2.12 bits per heavy atom. The topological polar surface area (TPSA) is 122 Å². The van der Waals surface area contributed by atoms with Gasteiger partial charge in [0.15, 0.2) is 0 Å². The number of nitrogens with zero attached hydrogens (tertiary/aromatic N) is 6. The molecule has 0 bridgehead atoms. The third-order valence-corrected chi connectivity index (χ3v) is 4.34. The van der Waals surface area contributed by atoms with Gasteiger partial charge in [-0.15, -0.1) is 5.10 Å². The van der Waals surface area contributed by atoms with Gasteiger partial charge in [-0.2, -0.15) is 0 Å². The second-order valence-corrected chi connectivity index (χ2v) is 5.91. The molecule has 2 heterocycles. The smallest absolute Gasteiger partial charge is 0.261 e. The average molecular weight is 345 g/mol. The summed E-state index contributed by atoms with van der Waals surface area (Å²) in [6.45, 7) is 2.34. The third kappa shape index (κ3) is 3.13. The summed E-state index contributed by atoms with van der Waals surface area (Å²) in [4.78, 5) is 28.5. The van der Waals surface area contributed by atoms with E-state index in [-0.39, 0.29) is 12.1 Å². The van der Waals surface area contributed by atoms with Crippen molar-refractivity contribution in [2.75, 3.05) is 0 Å². The molecule has 3 aromatic rings. The molecule has 0 aliphatic carbocycles. The average Bonchev–Trinajstić information content (AvgIpc) is 3.03. The standard InChI is InChI=1S/C14H15N7O2S/c1-2-21-14(17-18-19-21)24-8-12-16-10-6-4-3-5-9(10)13(23)20(12)7-11(15)22/h3-6H,2,7-8H2,1H3,(H2,15,22). The van der Waals surface area contributed by atoms with Crippen LogP contribution in [0.5, 0.6) is 0 Å². The van der Waals surface area contributed by atoms with Crippen molar-refractivity contribution < 1.29 is 4.79 Å². The summed E-state index contributed by atoms with van der Waals surface area (Å²) in [6.07, 6.45) is 0. The molecule has 0 saturated carbocycles. The van der Waals surface area contributed by atoms with E-state index in [0.717, 1.165) is 0 Å². The van der Waals surface area contributed by atoms with E-state index in [2.05, 4.69) is 20.5 Å². The van der Waals surface area contributed by atoms with E-state index in [1.165, 1.54) is 16.3 Å². The largest absolute Gasteiger partial charge is 0.368 e. The number of hydrogen-bond donors (Lipinski definition) is 1. The molecule has 1 amide bonds. The molecule has 1 aromatic carbocycles. The Balaban J connectivity index is 2.01.